The molecular formula is C11H22N2O2. The molecule has 0 saturated carbocycles. The third-order valence-corrected chi connectivity index (χ3v) is 2.77. The van der Waals surface area contributed by atoms with Crippen molar-refractivity contribution in [3.8, 4) is 0 Å². The van der Waals surface area contributed by atoms with Gasteiger partial charge in [-0.05, 0) is 34.1 Å². The number of rotatable bonds is 3. The van der Waals surface area contributed by atoms with Gasteiger partial charge in [0, 0.05) is 18.6 Å². The van der Waals surface area contributed by atoms with Crippen molar-refractivity contribution in [2.75, 3.05) is 6.54 Å². The molecule has 1 saturated heterocycles. The number of nitrogens with zero attached hydrogens (tertiary/aromatic N) is 1. The number of aliphatic hydroxyl groups is 1. The second kappa shape index (κ2) is 4.94. The van der Waals surface area contributed by atoms with E-state index in [1.54, 1.807) is 0 Å². The zero-order valence-corrected chi connectivity index (χ0v) is 10.0. The summed E-state index contributed by atoms with van der Waals surface area (Å²) in [5.41, 5.74) is 0. The van der Waals surface area contributed by atoms with E-state index in [1.165, 1.54) is 0 Å². The Bertz CT molecular complexity index is 221. The van der Waals surface area contributed by atoms with Gasteiger partial charge in [-0.2, -0.15) is 0 Å². The molecule has 0 bridgehead atoms. The van der Waals surface area contributed by atoms with Gasteiger partial charge in [0.1, 0.15) is 0 Å². The average Bonchev–Trinajstić information content (AvgIpc) is 2.50. The number of hydrogen-bond acceptors (Lipinski definition) is 3. The maximum atomic E-state index is 12.1. The molecule has 1 fully saturated rings. The third kappa shape index (κ3) is 2.92. The highest BCUT2D eigenvalue weighted by Crippen LogP contribution is 2.14. The maximum Gasteiger partial charge on any atom is 0.240 e. The van der Waals surface area contributed by atoms with Crippen molar-refractivity contribution in [1.82, 2.24) is 10.2 Å². The van der Waals surface area contributed by atoms with Crippen molar-refractivity contribution in [2.24, 2.45) is 0 Å². The number of aliphatic hydroxyl groups excluding tert-OH is 1. The van der Waals surface area contributed by atoms with Crippen LogP contribution in [-0.4, -0.2) is 46.7 Å². The first-order chi connectivity index (χ1) is 6.93. The molecule has 1 aliphatic heterocycles. The van der Waals surface area contributed by atoms with Gasteiger partial charge >= 0.3 is 0 Å². The molecule has 88 valence electrons. The van der Waals surface area contributed by atoms with E-state index < -0.39 is 0 Å². The highest BCUT2D eigenvalue weighted by Gasteiger charge is 2.33. The van der Waals surface area contributed by atoms with Crippen molar-refractivity contribution in [2.45, 2.75) is 58.3 Å². The van der Waals surface area contributed by atoms with E-state index in [-0.39, 0.29) is 30.1 Å². The van der Waals surface area contributed by atoms with Crippen LogP contribution in [0.25, 0.3) is 0 Å². The summed E-state index contributed by atoms with van der Waals surface area (Å²) in [5.74, 6) is 0.108. The highest BCUT2D eigenvalue weighted by molar-refractivity contribution is 5.82. The Kier molecular flexibility index (Phi) is 4.11. The summed E-state index contributed by atoms with van der Waals surface area (Å²) in [6.45, 7) is 8.60. The van der Waals surface area contributed by atoms with Gasteiger partial charge in [0.15, 0.2) is 0 Å². The van der Waals surface area contributed by atoms with E-state index >= 15 is 0 Å². The van der Waals surface area contributed by atoms with E-state index in [1.807, 2.05) is 32.6 Å². The molecule has 1 amide bonds. The molecule has 4 heteroatoms. The lowest BCUT2D eigenvalue weighted by molar-refractivity contribution is -0.136. The Morgan fingerprint density at radius 3 is 2.20 bits per heavy atom. The minimum absolute atomic E-state index is 0.108. The van der Waals surface area contributed by atoms with Gasteiger partial charge < -0.3 is 15.3 Å². The van der Waals surface area contributed by atoms with E-state index in [9.17, 15) is 9.90 Å². The summed E-state index contributed by atoms with van der Waals surface area (Å²) >= 11 is 0. The summed E-state index contributed by atoms with van der Waals surface area (Å²) in [6, 6.07) is 0.207. The fourth-order valence-electron chi connectivity index (χ4n) is 2.19. The molecule has 1 aliphatic rings. The number of amides is 1. The van der Waals surface area contributed by atoms with Gasteiger partial charge in [-0.1, -0.05) is 0 Å². The quantitative estimate of drug-likeness (QED) is 0.713. The molecule has 0 aliphatic carbocycles. The summed E-state index contributed by atoms with van der Waals surface area (Å²) in [6.07, 6.45) is 0.162. The molecule has 2 atom stereocenters. The normalized spacial score (nSPS) is 26.3. The van der Waals surface area contributed by atoms with E-state index in [4.69, 9.17) is 0 Å². The van der Waals surface area contributed by atoms with Crippen LogP contribution in [0, 0.1) is 0 Å². The molecule has 15 heavy (non-hydrogen) atoms. The second-order valence-electron chi connectivity index (χ2n) is 4.78. The van der Waals surface area contributed by atoms with Crippen molar-refractivity contribution < 1.29 is 9.90 Å². The van der Waals surface area contributed by atoms with Crippen LogP contribution in [0.3, 0.4) is 0 Å². The minimum Gasteiger partial charge on any atom is -0.392 e. The molecule has 0 spiro atoms. The van der Waals surface area contributed by atoms with Crippen molar-refractivity contribution >= 4 is 5.91 Å². The molecule has 1 heterocycles. The minimum atomic E-state index is -0.375. The van der Waals surface area contributed by atoms with Crippen LogP contribution < -0.4 is 5.32 Å². The topological polar surface area (TPSA) is 52.6 Å². The van der Waals surface area contributed by atoms with E-state index in [0.717, 1.165) is 0 Å². The van der Waals surface area contributed by atoms with Crippen molar-refractivity contribution in [1.29, 1.82) is 0 Å². The number of β-amino-alcohol motifs (C(OH)–C–C–N with tert-alkyl or cyclic N) is 1. The van der Waals surface area contributed by atoms with Crippen LogP contribution in [-0.2, 0) is 4.79 Å². The summed E-state index contributed by atoms with van der Waals surface area (Å²) in [5, 5.41) is 12.4. The molecule has 1 unspecified atom stereocenters. The predicted molar refractivity (Wildman–Crippen MR) is 59.5 cm³/mol. The Balaban J connectivity index is 2.64. The number of carbonyl (C=O) groups is 1. The molecule has 0 aromatic carbocycles. The number of carbonyl (C=O) groups excluding carboxylic acids is 1. The predicted octanol–water partition coefficient (Wildman–Crippen LogP) is 0.355. The van der Waals surface area contributed by atoms with E-state index in [2.05, 4.69) is 5.32 Å². The average molecular weight is 214 g/mol. The Hall–Kier alpha value is -0.610. The summed E-state index contributed by atoms with van der Waals surface area (Å²) < 4.78 is 0. The third-order valence-electron chi connectivity index (χ3n) is 2.77. The first-order valence-electron chi connectivity index (χ1n) is 5.67. The Morgan fingerprint density at radius 1 is 1.33 bits per heavy atom. The Labute approximate surface area is 91.6 Å². The number of nitrogens with one attached hydrogen (secondary N) is 1. The van der Waals surface area contributed by atoms with Gasteiger partial charge in [-0.25, -0.2) is 0 Å². The Morgan fingerprint density at radius 2 is 1.87 bits per heavy atom. The van der Waals surface area contributed by atoms with Gasteiger partial charge in [-0.15, -0.1) is 0 Å². The first-order valence-corrected chi connectivity index (χ1v) is 5.67. The lowest BCUT2D eigenvalue weighted by Crippen LogP contribution is -2.49. The monoisotopic (exact) mass is 214 g/mol. The molecular weight excluding hydrogens is 192 g/mol. The van der Waals surface area contributed by atoms with Crippen LogP contribution in [0.4, 0.5) is 0 Å². The van der Waals surface area contributed by atoms with Crippen LogP contribution in [0.5, 0.6) is 0 Å². The highest BCUT2D eigenvalue weighted by atomic mass is 16.3. The molecule has 0 aromatic rings. The van der Waals surface area contributed by atoms with Crippen LogP contribution in [0.15, 0.2) is 0 Å². The van der Waals surface area contributed by atoms with Crippen LogP contribution >= 0.6 is 0 Å². The molecule has 1 rings (SSSR count). The summed E-state index contributed by atoms with van der Waals surface area (Å²) in [4.78, 5) is 14.0. The van der Waals surface area contributed by atoms with Crippen LogP contribution in [0.1, 0.15) is 34.1 Å². The first kappa shape index (κ1) is 12.5. The zero-order valence-electron chi connectivity index (χ0n) is 10.0. The lowest BCUT2D eigenvalue weighted by atomic mass is 10.1. The zero-order chi connectivity index (χ0) is 11.6. The van der Waals surface area contributed by atoms with Gasteiger partial charge in [-0.3, -0.25) is 4.79 Å². The van der Waals surface area contributed by atoms with Crippen molar-refractivity contribution in [3.63, 3.8) is 0 Å². The van der Waals surface area contributed by atoms with Gasteiger partial charge in [0.2, 0.25) is 5.91 Å². The fraction of sp³-hybridized carbons (Fsp3) is 0.909. The van der Waals surface area contributed by atoms with Crippen molar-refractivity contribution in [3.05, 3.63) is 0 Å². The lowest BCUT2D eigenvalue weighted by Gasteiger charge is -2.33. The molecule has 2 N–H and O–H groups in total. The SMILES string of the molecule is CC(C)N(C(=O)C1C[C@@H](O)CN1)C(C)C. The van der Waals surface area contributed by atoms with Gasteiger partial charge in [0.05, 0.1) is 12.1 Å². The second-order valence-corrected chi connectivity index (χ2v) is 4.78. The maximum absolute atomic E-state index is 12.1. The largest absolute Gasteiger partial charge is 0.392 e. The standard InChI is InChI=1S/C11H22N2O2/c1-7(2)13(8(3)4)11(15)10-5-9(14)6-12-10/h7-10,12,14H,5-6H2,1-4H3/t9-,10?/m1/s1. The number of hydrogen-bond donors (Lipinski definition) is 2. The molecule has 4 nitrogen and oxygen atoms in total. The van der Waals surface area contributed by atoms with E-state index in [0.29, 0.717) is 13.0 Å². The van der Waals surface area contributed by atoms with Crippen LogP contribution in [0.2, 0.25) is 0 Å². The molecule has 0 aromatic heterocycles. The fourth-order valence-corrected chi connectivity index (χ4v) is 2.19. The van der Waals surface area contributed by atoms with Gasteiger partial charge in [0.25, 0.3) is 0 Å². The summed E-state index contributed by atoms with van der Waals surface area (Å²) in [7, 11) is 0. The smallest absolute Gasteiger partial charge is 0.240 e. The molecule has 0 radical (unpaired) electrons.